The molecule has 0 fully saturated rings. The first-order chi connectivity index (χ1) is 8.98. The molecule has 0 spiro atoms. The van der Waals surface area contributed by atoms with E-state index in [1.54, 1.807) is 0 Å². The molecule has 0 aromatic heterocycles. The van der Waals surface area contributed by atoms with Gasteiger partial charge in [-0.05, 0) is 30.5 Å². The predicted molar refractivity (Wildman–Crippen MR) is 70.9 cm³/mol. The van der Waals surface area contributed by atoms with Crippen molar-refractivity contribution in [2.45, 2.75) is 43.1 Å². The molecule has 1 aromatic carbocycles. The third-order valence-electron chi connectivity index (χ3n) is 3.16. The zero-order chi connectivity index (χ0) is 15.7. The van der Waals surface area contributed by atoms with Crippen molar-refractivity contribution in [1.29, 1.82) is 0 Å². The minimum absolute atomic E-state index is 0.0439. The van der Waals surface area contributed by atoms with Gasteiger partial charge in [-0.15, -0.1) is 0 Å². The summed E-state index contributed by atoms with van der Waals surface area (Å²) >= 11 is 0. The van der Waals surface area contributed by atoms with Crippen molar-refractivity contribution in [3.63, 3.8) is 0 Å². The maximum Gasteiger partial charge on any atom is 0.501 e. The van der Waals surface area contributed by atoms with Crippen LogP contribution in [0.15, 0.2) is 29.2 Å². The van der Waals surface area contributed by atoms with Crippen LogP contribution in [-0.2, 0) is 9.84 Å². The monoisotopic (exact) mass is 309 g/mol. The van der Waals surface area contributed by atoms with Crippen LogP contribution >= 0.6 is 0 Å². The summed E-state index contributed by atoms with van der Waals surface area (Å²) in [6.45, 7) is 5.72. The second-order valence-corrected chi connectivity index (χ2v) is 7.09. The van der Waals surface area contributed by atoms with Gasteiger partial charge in [0.15, 0.2) is 0 Å². The zero-order valence-electron chi connectivity index (χ0n) is 11.5. The maximum atomic E-state index is 12.4. The Hall–Kier alpha value is -1.08. The van der Waals surface area contributed by atoms with Gasteiger partial charge in [-0.25, -0.2) is 8.42 Å². The Bertz CT molecular complexity index is 540. The molecule has 2 unspecified atom stereocenters. The van der Waals surface area contributed by atoms with E-state index in [2.05, 4.69) is 0 Å². The quantitative estimate of drug-likeness (QED) is 0.930. The van der Waals surface area contributed by atoms with Gasteiger partial charge in [0.1, 0.15) is 0 Å². The van der Waals surface area contributed by atoms with E-state index in [1.807, 2.05) is 20.8 Å². The van der Waals surface area contributed by atoms with Gasteiger partial charge >= 0.3 is 5.51 Å². The van der Waals surface area contributed by atoms with E-state index in [0.717, 1.165) is 17.7 Å². The normalized spacial score (nSPS) is 16.2. The zero-order valence-corrected chi connectivity index (χ0v) is 12.3. The van der Waals surface area contributed by atoms with Crippen molar-refractivity contribution in [3.8, 4) is 0 Å². The van der Waals surface area contributed by atoms with Crippen molar-refractivity contribution >= 4 is 9.84 Å². The van der Waals surface area contributed by atoms with Gasteiger partial charge in [0.2, 0.25) is 0 Å². The lowest BCUT2D eigenvalue weighted by Crippen LogP contribution is -2.28. The Balaban J connectivity index is 3.18. The molecule has 0 aliphatic rings. The summed E-state index contributed by atoms with van der Waals surface area (Å²) in [6.07, 6.45) is 0. The topological polar surface area (TPSA) is 60.2 Å². The standard InChI is InChI=1S/C13H18F3NO2S/c1-8(2)12(9(3)17)10-4-6-11(7-5-10)20(18,19)13(14,15)16/h4-9,12H,17H2,1-3H3. The van der Waals surface area contributed by atoms with Crippen LogP contribution in [0.4, 0.5) is 13.2 Å². The first kappa shape index (κ1) is 17.0. The van der Waals surface area contributed by atoms with Gasteiger partial charge < -0.3 is 5.73 Å². The van der Waals surface area contributed by atoms with E-state index >= 15 is 0 Å². The third kappa shape index (κ3) is 3.32. The first-order valence-electron chi connectivity index (χ1n) is 6.15. The van der Waals surface area contributed by atoms with Gasteiger partial charge in [-0.3, -0.25) is 0 Å². The fourth-order valence-corrected chi connectivity index (χ4v) is 3.06. The summed E-state index contributed by atoms with van der Waals surface area (Å²) in [7, 11) is -5.29. The number of benzene rings is 1. The molecule has 0 saturated carbocycles. The Morgan fingerprint density at radius 1 is 1.05 bits per heavy atom. The minimum atomic E-state index is -5.29. The highest BCUT2D eigenvalue weighted by molar-refractivity contribution is 7.92. The summed E-state index contributed by atoms with van der Waals surface area (Å²) in [6, 6.07) is 4.57. The molecule has 2 N–H and O–H groups in total. The second kappa shape index (κ2) is 5.73. The molecule has 0 bridgehead atoms. The van der Waals surface area contributed by atoms with Gasteiger partial charge in [0.25, 0.3) is 9.84 Å². The summed E-state index contributed by atoms with van der Waals surface area (Å²) < 4.78 is 59.8. The van der Waals surface area contributed by atoms with Crippen molar-refractivity contribution in [2.24, 2.45) is 11.7 Å². The molecule has 1 rings (SSSR count). The van der Waals surface area contributed by atoms with Crippen molar-refractivity contribution < 1.29 is 21.6 Å². The van der Waals surface area contributed by atoms with E-state index in [9.17, 15) is 21.6 Å². The van der Waals surface area contributed by atoms with Crippen molar-refractivity contribution in [1.82, 2.24) is 0 Å². The molecular weight excluding hydrogens is 291 g/mol. The number of rotatable bonds is 4. The maximum absolute atomic E-state index is 12.4. The summed E-state index contributed by atoms with van der Waals surface area (Å²) in [4.78, 5) is -0.749. The average molecular weight is 309 g/mol. The lowest BCUT2D eigenvalue weighted by molar-refractivity contribution is -0.0436. The molecule has 20 heavy (non-hydrogen) atoms. The fourth-order valence-electron chi connectivity index (χ4n) is 2.30. The third-order valence-corrected chi connectivity index (χ3v) is 4.67. The molecule has 0 radical (unpaired) electrons. The average Bonchev–Trinajstić information content (AvgIpc) is 2.27. The summed E-state index contributed by atoms with van der Waals surface area (Å²) in [5.41, 5.74) is 1.31. The summed E-state index contributed by atoms with van der Waals surface area (Å²) in [5.74, 6) is 0.151. The number of hydrogen-bond acceptors (Lipinski definition) is 3. The molecule has 0 saturated heterocycles. The van der Waals surface area contributed by atoms with Crippen LogP contribution < -0.4 is 5.73 Å². The highest BCUT2D eigenvalue weighted by atomic mass is 32.2. The van der Waals surface area contributed by atoms with Crippen molar-refractivity contribution in [2.75, 3.05) is 0 Å². The molecule has 1 aromatic rings. The second-order valence-electron chi connectivity index (χ2n) is 5.15. The Kier molecular flexibility index (Phi) is 4.86. The van der Waals surface area contributed by atoms with E-state index in [4.69, 9.17) is 5.73 Å². The van der Waals surface area contributed by atoms with E-state index in [0.29, 0.717) is 0 Å². The van der Waals surface area contributed by atoms with Gasteiger partial charge in [0, 0.05) is 12.0 Å². The largest absolute Gasteiger partial charge is 0.501 e. The van der Waals surface area contributed by atoms with Crippen LogP contribution in [0.2, 0.25) is 0 Å². The molecule has 2 atom stereocenters. The van der Waals surface area contributed by atoms with E-state index in [-0.39, 0.29) is 17.9 Å². The van der Waals surface area contributed by atoms with Gasteiger partial charge in [-0.2, -0.15) is 13.2 Å². The minimum Gasteiger partial charge on any atom is -0.327 e. The Morgan fingerprint density at radius 2 is 1.50 bits per heavy atom. The van der Waals surface area contributed by atoms with Crippen LogP contribution in [0, 0.1) is 5.92 Å². The molecule has 7 heteroatoms. The number of halogens is 3. The fraction of sp³-hybridized carbons (Fsp3) is 0.538. The smallest absolute Gasteiger partial charge is 0.327 e. The van der Waals surface area contributed by atoms with Crippen LogP contribution in [0.25, 0.3) is 0 Å². The Labute approximate surface area is 116 Å². The lowest BCUT2D eigenvalue weighted by Gasteiger charge is -2.25. The van der Waals surface area contributed by atoms with Crippen LogP contribution in [-0.4, -0.2) is 20.0 Å². The Morgan fingerprint density at radius 3 is 1.80 bits per heavy atom. The van der Waals surface area contributed by atoms with Crippen LogP contribution in [0.3, 0.4) is 0 Å². The van der Waals surface area contributed by atoms with Crippen LogP contribution in [0.5, 0.6) is 0 Å². The highest BCUT2D eigenvalue weighted by Crippen LogP contribution is 2.32. The number of hydrogen-bond donors (Lipinski definition) is 1. The van der Waals surface area contributed by atoms with Gasteiger partial charge in [-0.1, -0.05) is 26.0 Å². The van der Waals surface area contributed by atoms with Gasteiger partial charge in [0.05, 0.1) is 4.90 Å². The lowest BCUT2D eigenvalue weighted by atomic mass is 9.83. The molecule has 0 amide bonds. The van der Waals surface area contributed by atoms with Crippen molar-refractivity contribution in [3.05, 3.63) is 29.8 Å². The first-order valence-corrected chi connectivity index (χ1v) is 7.63. The van der Waals surface area contributed by atoms with E-state index < -0.39 is 20.2 Å². The van der Waals surface area contributed by atoms with E-state index in [1.165, 1.54) is 12.1 Å². The molecule has 0 heterocycles. The molecule has 3 nitrogen and oxygen atoms in total. The predicted octanol–water partition coefficient (Wildman–Crippen LogP) is 3.07. The molecule has 0 aliphatic carbocycles. The molecular formula is C13H18F3NO2S. The summed E-state index contributed by atoms with van der Waals surface area (Å²) in [5, 5.41) is 0. The molecule has 114 valence electrons. The number of nitrogens with two attached hydrogens (primary N) is 1. The molecule has 0 aliphatic heterocycles. The SMILES string of the molecule is CC(C)C(c1ccc(S(=O)(=O)C(F)(F)F)cc1)C(C)N. The number of alkyl halides is 3. The number of sulfone groups is 1. The van der Waals surface area contributed by atoms with Crippen LogP contribution in [0.1, 0.15) is 32.3 Å². The highest BCUT2D eigenvalue weighted by Gasteiger charge is 2.46.